The lowest BCUT2D eigenvalue weighted by molar-refractivity contribution is 0.0723. The van der Waals surface area contributed by atoms with Gasteiger partial charge in [-0.15, -0.1) is 0 Å². The average molecular weight is 287 g/mol. The van der Waals surface area contributed by atoms with Gasteiger partial charge >= 0.3 is 0 Å². The molecule has 110 valence electrons. The highest BCUT2D eigenvalue weighted by atomic mass is 16.6. The summed E-state index contributed by atoms with van der Waals surface area (Å²) in [6.07, 6.45) is 4.89. The van der Waals surface area contributed by atoms with Gasteiger partial charge in [0.2, 0.25) is 0 Å². The molecule has 0 aromatic carbocycles. The molecule has 0 bridgehead atoms. The van der Waals surface area contributed by atoms with Gasteiger partial charge in [0.1, 0.15) is 11.4 Å². The zero-order chi connectivity index (χ0) is 14.4. The highest BCUT2D eigenvalue weighted by Gasteiger charge is 2.36. The zero-order valence-electron chi connectivity index (χ0n) is 11.9. The first-order chi connectivity index (χ1) is 10.3. The van der Waals surface area contributed by atoms with Crippen molar-refractivity contribution in [3.63, 3.8) is 0 Å². The average Bonchev–Trinajstić information content (AvgIpc) is 3.21. The molecule has 7 heteroatoms. The minimum atomic E-state index is -0.0440. The largest absolute Gasteiger partial charge is 0.328 e. The molecule has 0 spiro atoms. The summed E-state index contributed by atoms with van der Waals surface area (Å²) in [4.78, 5) is 14.7. The molecule has 0 saturated carbocycles. The van der Waals surface area contributed by atoms with E-state index in [0.29, 0.717) is 5.69 Å². The number of carbonyl (C=O) groups is 1. The molecule has 2 aromatic rings. The molecular weight excluding hydrogens is 270 g/mol. The van der Waals surface area contributed by atoms with Crippen LogP contribution in [0.4, 0.5) is 0 Å². The Balaban J connectivity index is 1.65. The molecular formula is C14H17N5O2. The lowest BCUT2D eigenvalue weighted by Gasteiger charge is -2.22. The second kappa shape index (κ2) is 4.68. The standard InChI is InChI=1S/C14H17N5O2/c1-8-12(18-21-17-8)11-6-3-7-19(11)14(20)13-9-4-2-5-10(9)15-16-13/h11H,2-7H2,1H3,(H,15,16)/t11-/m1/s1. The van der Waals surface area contributed by atoms with Crippen molar-refractivity contribution < 1.29 is 9.42 Å². The number of hydrogen-bond acceptors (Lipinski definition) is 5. The Kier molecular flexibility index (Phi) is 2.80. The number of aromatic nitrogens is 4. The summed E-state index contributed by atoms with van der Waals surface area (Å²) in [7, 11) is 0. The number of likely N-dealkylation sites (tertiary alicyclic amines) is 1. The van der Waals surface area contributed by atoms with Crippen molar-refractivity contribution in [2.24, 2.45) is 0 Å². The van der Waals surface area contributed by atoms with E-state index in [1.54, 1.807) is 0 Å². The molecule has 0 unspecified atom stereocenters. The number of nitrogens with zero attached hydrogens (tertiary/aromatic N) is 4. The van der Waals surface area contributed by atoms with Gasteiger partial charge in [-0.05, 0) is 39.0 Å². The minimum absolute atomic E-state index is 0.000648. The number of nitrogens with one attached hydrogen (secondary N) is 1. The lowest BCUT2D eigenvalue weighted by atomic mass is 10.1. The number of fused-ring (bicyclic) bond motifs is 1. The van der Waals surface area contributed by atoms with E-state index in [0.717, 1.165) is 61.3 Å². The van der Waals surface area contributed by atoms with E-state index in [1.165, 1.54) is 0 Å². The Labute approximate surface area is 121 Å². The van der Waals surface area contributed by atoms with Gasteiger partial charge in [-0.3, -0.25) is 9.89 Å². The topological polar surface area (TPSA) is 87.9 Å². The van der Waals surface area contributed by atoms with Crippen LogP contribution in [0.15, 0.2) is 4.63 Å². The summed E-state index contributed by atoms with van der Waals surface area (Å²) in [5, 5.41) is 15.1. The Bertz CT molecular complexity index is 689. The first-order valence-corrected chi connectivity index (χ1v) is 7.42. The van der Waals surface area contributed by atoms with E-state index in [1.807, 2.05) is 11.8 Å². The molecule has 1 saturated heterocycles. The van der Waals surface area contributed by atoms with Gasteiger partial charge in [0.05, 0.1) is 6.04 Å². The van der Waals surface area contributed by atoms with Crippen LogP contribution in [0.1, 0.15) is 58.4 Å². The SMILES string of the molecule is Cc1nonc1[C@H]1CCCN1C(=O)c1n[nH]c2c1CCC2. The molecule has 1 aliphatic heterocycles. The Hall–Kier alpha value is -2.18. The van der Waals surface area contributed by atoms with E-state index in [4.69, 9.17) is 4.63 Å². The summed E-state index contributed by atoms with van der Waals surface area (Å²) >= 11 is 0. The third-order valence-electron chi connectivity index (χ3n) is 4.53. The highest BCUT2D eigenvalue weighted by Crippen LogP contribution is 2.34. The van der Waals surface area contributed by atoms with Gasteiger partial charge in [-0.2, -0.15) is 5.10 Å². The Morgan fingerprint density at radius 2 is 2.24 bits per heavy atom. The number of amides is 1. The molecule has 1 aliphatic carbocycles. The molecule has 0 radical (unpaired) electrons. The maximum atomic E-state index is 12.8. The van der Waals surface area contributed by atoms with Crippen LogP contribution in [0.3, 0.4) is 0 Å². The van der Waals surface area contributed by atoms with Gasteiger partial charge in [0, 0.05) is 17.8 Å². The van der Waals surface area contributed by atoms with E-state index in [2.05, 4.69) is 20.5 Å². The van der Waals surface area contributed by atoms with Gasteiger partial charge in [-0.25, -0.2) is 4.63 Å². The Morgan fingerprint density at radius 3 is 3.05 bits per heavy atom. The van der Waals surface area contributed by atoms with Crippen molar-refractivity contribution in [2.75, 3.05) is 6.54 Å². The molecule has 21 heavy (non-hydrogen) atoms. The number of aryl methyl sites for hydroxylation is 2. The monoisotopic (exact) mass is 287 g/mol. The van der Waals surface area contributed by atoms with Crippen LogP contribution in [0.25, 0.3) is 0 Å². The number of H-pyrrole nitrogens is 1. The molecule has 1 N–H and O–H groups in total. The molecule has 7 nitrogen and oxygen atoms in total. The van der Waals surface area contributed by atoms with Crippen LogP contribution in [0.2, 0.25) is 0 Å². The van der Waals surface area contributed by atoms with Crippen molar-refractivity contribution >= 4 is 5.91 Å². The maximum absolute atomic E-state index is 12.8. The van der Waals surface area contributed by atoms with Crippen molar-refractivity contribution in [1.82, 2.24) is 25.4 Å². The molecule has 1 amide bonds. The Morgan fingerprint density at radius 1 is 1.33 bits per heavy atom. The summed E-state index contributed by atoms with van der Waals surface area (Å²) in [6.45, 7) is 2.59. The van der Waals surface area contributed by atoms with Gasteiger partial charge in [-0.1, -0.05) is 10.3 Å². The number of aromatic amines is 1. The van der Waals surface area contributed by atoms with Crippen LogP contribution in [0, 0.1) is 6.92 Å². The first-order valence-electron chi connectivity index (χ1n) is 7.42. The summed E-state index contributed by atoms with van der Waals surface area (Å²) in [5.41, 5.74) is 4.33. The van der Waals surface area contributed by atoms with E-state index in [9.17, 15) is 4.79 Å². The number of carbonyl (C=O) groups excluding carboxylic acids is 1. The normalized spacial score (nSPS) is 21.0. The fourth-order valence-corrected chi connectivity index (χ4v) is 3.47. The third kappa shape index (κ3) is 1.87. The number of rotatable bonds is 2. The molecule has 3 heterocycles. The summed E-state index contributed by atoms with van der Waals surface area (Å²) in [5.74, 6) is -0.000648. The number of hydrogen-bond donors (Lipinski definition) is 1. The second-order valence-corrected chi connectivity index (χ2v) is 5.77. The van der Waals surface area contributed by atoms with Crippen molar-refractivity contribution in [3.8, 4) is 0 Å². The lowest BCUT2D eigenvalue weighted by Crippen LogP contribution is -2.32. The van der Waals surface area contributed by atoms with E-state index >= 15 is 0 Å². The van der Waals surface area contributed by atoms with Crippen LogP contribution in [-0.2, 0) is 12.8 Å². The van der Waals surface area contributed by atoms with Crippen molar-refractivity contribution in [1.29, 1.82) is 0 Å². The van der Waals surface area contributed by atoms with Gasteiger partial charge in [0.25, 0.3) is 5.91 Å². The first kappa shape index (κ1) is 12.6. The van der Waals surface area contributed by atoms with Crippen LogP contribution in [-0.4, -0.2) is 37.9 Å². The predicted molar refractivity (Wildman–Crippen MR) is 72.7 cm³/mol. The molecule has 1 fully saturated rings. The summed E-state index contributed by atoms with van der Waals surface area (Å²) < 4.78 is 4.79. The molecule has 2 aromatic heterocycles. The predicted octanol–water partition coefficient (Wildman–Crippen LogP) is 1.57. The molecule has 1 atom stereocenters. The van der Waals surface area contributed by atoms with Crippen LogP contribution in [0.5, 0.6) is 0 Å². The van der Waals surface area contributed by atoms with Crippen molar-refractivity contribution in [2.45, 2.75) is 45.1 Å². The van der Waals surface area contributed by atoms with Gasteiger partial charge < -0.3 is 4.90 Å². The van der Waals surface area contributed by atoms with Crippen LogP contribution < -0.4 is 0 Å². The second-order valence-electron chi connectivity index (χ2n) is 5.77. The summed E-state index contributed by atoms with van der Waals surface area (Å²) in [6, 6.07) is -0.0440. The molecule has 4 rings (SSSR count). The quantitative estimate of drug-likeness (QED) is 0.905. The third-order valence-corrected chi connectivity index (χ3v) is 4.53. The van der Waals surface area contributed by atoms with Crippen LogP contribution >= 0.6 is 0 Å². The minimum Gasteiger partial charge on any atom is -0.328 e. The van der Waals surface area contributed by atoms with Gasteiger partial charge in [0.15, 0.2) is 5.69 Å². The fraction of sp³-hybridized carbons (Fsp3) is 0.571. The molecule has 2 aliphatic rings. The van der Waals surface area contributed by atoms with E-state index in [-0.39, 0.29) is 11.9 Å². The highest BCUT2D eigenvalue weighted by molar-refractivity contribution is 5.94. The van der Waals surface area contributed by atoms with Crippen molar-refractivity contribution in [3.05, 3.63) is 28.3 Å². The maximum Gasteiger partial charge on any atom is 0.275 e. The van der Waals surface area contributed by atoms with E-state index < -0.39 is 0 Å². The zero-order valence-corrected chi connectivity index (χ0v) is 11.9. The smallest absolute Gasteiger partial charge is 0.275 e. The fourth-order valence-electron chi connectivity index (χ4n) is 3.47.